The number of hydrogen-bond acceptors (Lipinski definition) is 4. The molecule has 2 aromatic carbocycles. The molecule has 0 atom stereocenters. The second kappa shape index (κ2) is 7.68. The summed E-state index contributed by atoms with van der Waals surface area (Å²) in [4.78, 5) is 21.5. The summed E-state index contributed by atoms with van der Waals surface area (Å²) in [6.45, 7) is -0.654. The lowest BCUT2D eigenvalue weighted by Gasteiger charge is -2.14. The van der Waals surface area contributed by atoms with Gasteiger partial charge in [0.25, 0.3) is 11.6 Å². The highest BCUT2D eigenvalue weighted by Crippen LogP contribution is 2.37. The first kappa shape index (κ1) is 19.6. The van der Waals surface area contributed by atoms with E-state index in [1.807, 2.05) is 5.32 Å². The number of nitrogens with one attached hydrogen (secondary N) is 1. The second-order valence-corrected chi connectivity index (χ2v) is 5.75. The number of non-ortho nitro benzene ring substituents is 1. The van der Waals surface area contributed by atoms with Gasteiger partial charge in [0, 0.05) is 12.1 Å². The predicted molar refractivity (Wildman–Crippen MR) is 86.3 cm³/mol. The number of rotatable bonds is 5. The number of benzene rings is 2. The van der Waals surface area contributed by atoms with Gasteiger partial charge in [-0.25, -0.2) is 4.39 Å². The molecule has 1 N–H and O–H groups in total. The van der Waals surface area contributed by atoms with Crippen LogP contribution in [-0.2, 0) is 11.0 Å². The van der Waals surface area contributed by atoms with E-state index in [2.05, 4.69) is 15.9 Å². The molecule has 26 heavy (non-hydrogen) atoms. The number of anilines is 1. The molecular weight excluding hydrogens is 428 g/mol. The standard InChI is InChI=1S/C15H9BrF4N2O4/c16-11-5-8(17)1-4-13(11)26-7-14(23)21-12-3-2-9(22(24)25)6-10(12)15(18,19)20/h1-6H,7H2,(H,21,23). The SMILES string of the molecule is O=C(COc1ccc(F)cc1Br)Nc1ccc([N+](=O)[O-])cc1C(F)(F)F. The highest BCUT2D eigenvalue weighted by Gasteiger charge is 2.35. The van der Waals surface area contributed by atoms with E-state index in [9.17, 15) is 32.5 Å². The Morgan fingerprint density at radius 2 is 1.92 bits per heavy atom. The number of halogens is 5. The molecule has 6 nitrogen and oxygen atoms in total. The fraction of sp³-hybridized carbons (Fsp3) is 0.133. The fourth-order valence-corrected chi connectivity index (χ4v) is 2.38. The molecule has 0 aromatic heterocycles. The summed E-state index contributed by atoms with van der Waals surface area (Å²) in [6, 6.07) is 5.35. The number of carbonyl (C=O) groups excluding carboxylic acids is 1. The molecule has 0 unspecified atom stereocenters. The molecule has 0 saturated carbocycles. The second-order valence-electron chi connectivity index (χ2n) is 4.90. The van der Waals surface area contributed by atoms with Crippen LogP contribution in [0.25, 0.3) is 0 Å². The van der Waals surface area contributed by atoms with Crippen LogP contribution in [0.2, 0.25) is 0 Å². The van der Waals surface area contributed by atoms with Gasteiger partial charge in [-0.1, -0.05) is 0 Å². The number of hydrogen-bond donors (Lipinski definition) is 1. The number of carbonyl (C=O) groups is 1. The van der Waals surface area contributed by atoms with E-state index in [1.165, 1.54) is 6.07 Å². The van der Waals surface area contributed by atoms with Crippen molar-refractivity contribution in [1.29, 1.82) is 0 Å². The average Bonchev–Trinajstić information content (AvgIpc) is 2.53. The third kappa shape index (κ3) is 4.91. The maximum atomic E-state index is 13.0. The largest absolute Gasteiger partial charge is 0.483 e. The van der Waals surface area contributed by atoms with Crippen LogP contribution in [-0.4, -0.2) is 17.4 Å². The number of nitrogens with zero attached hydrogens (tertiary/aromatic N) is 1. The quantitative estimate of drug-likeness (QED) is 0.424. The van der Waals surface area contributed by atoms with E-state index in [0.29, 0.717) is 6.07 Å². The first-order valence-corrected chi connectivity index (χ1v) is 7.60. The van der Waals surface area contributed by atoms with Gasteiger partial charge in [0.15, 0.2) is 6.61 Å². The van der Waals surface area contributed by atoms with Crippen molar-refractivity contribution in [2.24, 2.45) is 0 Å². The van der Waals surface area contributed by atoms with Gasteiger partial charge < -0.3 is 10.1 Å². The van der Waals surface area contributed by atoms with Crippen molar-refractivity contribution in [3.8, 4) is 5.75 Å². The Hall–Kier alpha value is -2.69. The maximum Gasteiger partial charge on any atom is 0.418 e. The van der Waals surface area contributed by atoms with Gasteiger partial charge in [-0.3, -0.25) is 14.9 Å². The van der Waals surface area contributed by atoms with Crippen molar-refractivity contribution >= 4 is 33.2 Å². The minimum Gasteiger partial charge on any atom is -0.483 e. The predicted octanol–water partition coefficient (Wildman–Crippen LogP) is 4.53. The van der Waals surface area contributed by atoms with Crippen LogP contribution in [0.4, 0.5) is 28.9 Å². The monoisotopic (exact) mass is 436 g/mol. The van der Waals surface area contributed by atoms with E-state index in [0.717, 1.165) is 24.3 Å². The zero-order valence-electron chi connectivity index (χ0n) is 12.6. The summed E-state index contributed by atoms with van der Waals surface area (Å²) in [5.74, 6) is -1.36. The molecule has 0 aliphatic rings. The van der Waals surface area contributed by atoms with Gasteiger partial charge in [-0.05, 0) is 40.2 Å². The van der Waals surface area contributed by atoms with Crippen molar-refractivity contribution in [1.82, 2.24) is 0 Å². The number of alkyl halides is 3. The number of nitro groups is 1. The lowest BCUT2D eigenvalue weighted by Crippen LogP contribution is -2.22. The Bertz CT molecular complexity index is 858. The molecule has 0 aliphatic carbocycles. The molecule has 2 aromatic rings. The zero-order chi connectivity index (χ0) is 19.5. The molecule has 0 aliphatic heterocycles. The molecule has 2 rings (SSSR count). The average molecular weight is 437 g/mol. The van der Waals surface area contributed by atoms with E-state index in [-0.39, 0.29) is 10.2 Å². The molecule has 0 heterocycles. The van der Waals surface area contributed by atoms with Crippen LogP contribution in [0.3, 0.4) is 0 Å². The Morgan fingerprint density at radius 3 is 2.50 bits per heavy atom. The molecule has 11 heteroatoms. The molecule has 1 amide bonds. The topological polar surface area (TPSA) is 81.5 Å². The summed E-state index contributed by atoms with van der Waals surface area (Å²) in [5.41, 5.74) is -2.76. The Kier molecular flexibility index (Phi) is 5.80. The van der Waals surface area contributed by atoms with Crippen LogP contribution in [0.1, 0.15) is 5.56 Å². The summed E-state index contributed by atoms with van der Waals surface area (Å²) in [5, 5.41) is 12.6. The van der Waals surface area contributed by atoms with E-state index in [1.54, 1.807) is 0 Å². The third-order valence-electron chi connectivity index (χ3n) is 3.05. The van der Waals surface area contributed by atoms with Gasteiger partial charge in [0.1, 0.15) is 11.6 Å². The summed E-state index contributed by atoms with van der Waals surface area (Å²) >= 11 is 3.01. The van der Waals surface area contributed by atoms with E-state index >= 15 is 0 Å². The Morgan fingerprint density at radius 1 is 1.23 bits per heavy atom. The molecule has 0 radical (unpaired) electrons. The molecule has 0 fully saturated rings. The molecule has 138 valence electrons. The van der Waals surface area contributed by atoms with Crippen LogP contribution >= 0.6 is 15.9 Å². The molecule has 0 spiro atoms. The fourth-order valence-electron chi connectivity index (χ4n) is 1.91. The van der Waals surface area contributed by atoms with Gasteiger partial charge >= 0.3 is 6.18 Å². The zero-order valence-corrected chi connectivity index (χ0v) is 14.2. The lowest BCUT2D eigenvalue weighted by molar-refractivity contribution is -0.385. The van der Waals surface area contributed by atoms with Gasteiger partial charge in [-0.2, -0.15) is 13.2 Å². The Labute approximate surface area is 152 Å². The first-order chi connectivity index (χ1) is 12.1. The smallest absolute Gasteiger partial charge is 0.418 e. The van der Waals surface area contributed by atoms with Crippen LogP contribution in [0, 0.1) is 15.9 Å². The minimum atomic E-state index is -4.91. The molecule has 0 bridgehead atoms. The van der Waals surface area contributed by atoms with Crippen molar-refractivity contribution < 1.29 is 32.0 Å². The van der Waals surface area contributed by atoms with Crippen molar-refractivity contribution in [2.45, 2.75) is 6.18 Å². The molecule has 0 saturated heterocycles. The maximum absolute atomic E-state index is 13.0. The minimum absolute atomic E-state index is 0.112. The van der Waals surface area contributed by atoms with E-state index in [4.69, 9.17) is 4.74 Å². The lowest BCUT2D eigenvalue weighted by atomic mass is 10.1. The van der Waals surface area contributed by atoms with Crippen molar-refractivity contribution in [3.63, 3.8) is 0 Å². The van der Waals surface area contributed by atoms with Crippen molar-refractivity contribution in [2.75, 3.05) is 11.9 Å². The summed E-state index contributed by atoms with van der Waals surface area (Å²) < 4.78 is 57.4. The molecular formula is C15H9BrF4N2O4. The van der Waals surface area contributed by atoms with Crippen molar-refractivity contribution in [3.05, 3.63) is 62.4 Å². The number of nitro benzene ring substituents is 1. The van der Waals surface area contributed by atoms with E-state index < -0.39 is 46.4 Å². The highest BCUT2D eigenvalue weighted by molar-refractivity contribution is 9.10. The summed E-state index contributed by atoms with van der Waals surface area (Å²) in [7, 11) is 0. The summed E-state index contributed by atoms with van der Waals surface area (Å²) in [6.07, 6.45) is -4.91. The van der Waals surface area contributed by atoms with Crippen LogP contribution in [0.15, 0.2) is 40.9 Å². The van der Waals surface area contributed by atoms with Gasteiger partial charge in [-0.15, -0.1) is 0 Å². The van der Waals surface area contributed by atoms with Crippen LogP contribution < -0.4 is 10.1 Å². The highest BCUT2D eigenvalue weighted by atomic mass is 79.9. The first-order valence-electron chi connectivity index (χ1n) is 6.81. The normalized spacial score (nSPS) is 11.1. The Balaban J connectivity index is 2.14. The van der Waals surface area contributed by atoms with Gasteiger partial charge in [0.05, 0.1) is 20.6 Å². The van der Waals surface area contributed by atoms with Crippen LogP contribution in [0.5, 0.6) is 5.75 Å². The number of amides is 1. The number of ether oxygens (including phenoxy) is 1. The third-order valence-corrected chi connectivity index (χ3v) is 3.67. The van der Waals surface area contributed by atoms with Gasteiger partial charge in [0.2, 0.25) is 0 Å².